The molecule has 1 saturated heterocycles. The molecule has 0 radical (unpaired) electrons. The highest BCUT2D eigenvalue weighted by Crippen LogP contribution is 2.39. The van der Waals surface area contributed by atoms with Gasteiger partial charge in [0.05, 0.1) is 18.8 Å². The number of hydrogen-bond acceptors (Lipinski definition) is 6. The third kappa shape index (κ3) is 2.67. The Labute approximate surface area is 149 Å². The average molecular weight is 354 g/mol. The Morgan fingerprint density at radius 3 is 2.96 bits per heavy atom. The van der Waals surface area contributed by atoms with E-state index in [0.29, 0.717) is 17.4 Å². The van der Waals surface area contributed by atoms with Crippen molar-refractivity contribution in [1.82, 2.24) is 9.97 Å². The summed E-state index contributed by atoms with van der Waals surface area (Å²) in [7, 11) is 1.55. The van der Waals surface area contributed by atoms with E-state index in [-0.39, 0.29) is 17.8 Å². The molecule has 3 N–H and O–H groups in total. The lowest BCUT2D eigenvalue weighted by Crippen LogP contribution is -2.48. The molecule has 4 rings (SSSR count). The molecule has 2 aliphatic heterocycles. The van der Waals surface area contributed by atoms with Gasteiger partial charge in [-0.2, -0.15) is 0 Å². The molecule has 0 saturated carbocycles. The van der Waals surface area contributed by atoms with Gasteiger partial charge in [-0.25, -0.2) is 14.8 Å². The highest BCUT2D eigenvalue weighted by atomic mass is 16.5. The van der Waals surface area contributed by atoms with Crippen molar-refractivity contribution in [3.05, 3.63) is 36.2 Å². The molecule has 2 aliphatic rings. The first-order valence-corrected chi connectivity index (χ1v) is 8.23. The van der Waals surface area contributed by atoms with Gasteiger partial charge >= 0.3 is 6.03 Å². The Bertz CT molecular complexity index is 887. The molecular formula is C17H18N6O3. The molecular weight excluding hydrogens is 336 g/mol. The van der Waals surface area contributed by atoms with Crippen molar-refractivity contribution in [1.29, 1.82) is 0 Å². The molecule has 0 spiro atoms. The zero-order chi connectivity index (χ0) is 18.3. The topological polar surface area (TPSA) is 114 Å². The summed E-state index contributed by atoms with van der Waals surface area (Å²) in [6.45, 7) is 1.56. The summed E-state index contributed by atoms with van der Waals surface area (Å²) in [5, 5.41) is 2.78. The molecule has 4 heterocycles. The van der Waals surface area contributed by atoms with Crippen LogP contribution in [0.2, 0.25) is 0 Å². The minimum atomic E-state index is -0.629. The van der Waals surface area contributed by atoms with Crippen molar-refractivity contribution < 1.29 is 14.3 Å². The van der Waals surface area contributed by atoms with E-state index in [4.69, 9.17) is 10.5 Å². The van der Waals surface area contributed by atoms with Gasteiger partial charge in [0.1, 0.15) is 17.3 Å². The number of carbonyl (C=O) groups excluding carboxylic acids is 2. The van der Waals surface area contributed by atoms with Crippen LogP contribution in [0.15, 0.2) is 30.5 Å². The third-order valence-electron chi connectivity index (χ3n) is 4.63. The van der Waals surface area contributed by atoms with E-state index in [1.54, 1.807) is 42.5 Å². The van der Waals surface area contributed by atoms with Crippen molar-refractivity contribution in [3.8, 4) is 5.75 Å². The van der Waals surface area contributed by atoms with E-state index in [0.717, 1.165) is 25.2 Å². The summed E-state index contributed by atoms with van der Waals surface area (Å²) in [5.74, 6) is 0.781. The van der Waals surface area contributed by atoms with Crippen LogP contribution in [0, 0.1) is 0 Å². The number of primary amides is 1. The minimum Gasteiger partial charge on any atom is -0.497 e. The van der Waals surface area contributed by atoms with E-state index < -0.39 is 5.91 Å². The summed E-state index contributed by atoms with van der Waals surface area (Å²) in [4.78, 5) is 36.7. The second-order valence-electron chi connectivity index (χ2n) is 6.17. The number of methoxy groups -OCH3 is 1. The van der Waals surface area contributed by atoms with Gasteiger partial charge in [0.15, 0.2) is 5.82 Å². The quantitative estimate of drug-likeness (QED) is 0.856. The van der Waals surface area contributed by atoms with Crippen LogP contribution in [0.3, 0.4) is 0 Å². The number of anilines is 3. The maximum atomic E-state index is 13.0. The number of rotatable bonds is 3. The smallest absolute Gasteiger partial charge is 0.329 e. The first kappa shape index (κ1) is 16.1. The normalized spacial score (nSPS) is 17.7. The van der Waals surface area contributed by atoms with Gasteiger partial charge in [-0.3, -0.25) is 15.0 Å². The lowest BCUT2D eigenvalue weighted by Gasteiger charge is -2.35. The summed E-state index contributed by atoms with van der Waals surface area (Å²) in [6, 6.07) is 6.32. The first-order valence-electron chi connectivity index (χ1n) is 8.23. The monoisotopic (exact) mass is 354 g/mol. The molecule has 2 aromatic rings. The Balaban J connectivity index is 1.68. The third-order valence-corrected chi connectivity index (χ3v) is 4.63. The SMILES string of the molecule is COc1ccnc(NC(=O)N2c3nc(C(N)=O)ccc3N3CCC2C3)c1. The molecule has 134 valence electrons. The molecule has 26 heavy (non-hydrogen) atoms. The molecule has 1 atom stereocenters. The molecule has 9 nitrogen and oxygen atoms in total. The van der Waals surface area contributed by atoms with Crippen LogP contribution in [0.5, 0.6) is 5.75 Å². The van der Waals surface area contributed by atoms with Crippen molar-refractivity contribution in [2.45, 2.75) is 12.5 Å². The van der Waals surface area contributed by atoms with Gasteiger partial charge in [0, 0.05) is 25.4 Å². The number of nitrogens with two attached hydrogens (primary N) is 1. The number of urea groups is 1. The van der Waals surface area contributed by atoms with Crippen LogP contribution in [-0.2, 0) is 0 Å². The second-order valence-corrected chi connectivity index (χ2v) is 6.17. The van der Waals surface area contributed by atoms with Crippen LogP contribution >= 0.6 is 0 Å². The number of ether oxygens (including phenoxy) is 1. The van der Waals surface area contributed by atoms with E-state index in [2.05, 4.69) is 20.2 Å². The zero-order valence-corrected chi connectivity index (χ0v) is 14.2. The zero-order valence-electron chi connectivity index (χ0n) is 14.2. The van der Waals surface area contributed by atoms with Gasteiger partial charge in [-0.15, -0.1) is 0 Å². The van der Waals surface area contributed by atoms with Gasteiger partial charge in [-0.1, -0.05) is 0 Å². The largest absolute Gasteiger partial charge is 0.497 e. The lowest BCUT2D eigenvalue weighted by atomic mass is 10.1. The Morgan fingerprint density at radius 1 is 1.35 bits per heavy atom. The molecule has 3 amide bonds. The van der Waals surface area contributed by atoms with Gasteiger partial charge < -0.3 is 15.4 Å². The number of hydrogen-bond donors (Lipinski definition) is 2. The van der Waals surface area contributed by atoms with E-state index in [9.17, 15) is 9.59 Å². The maximum Gasteiger partial charge on any atom is 0.329 e. The lowest BCUT2D eigenvalue weighted by molar-refractivity contribution is 0.0995. The summed E-state index contributed by atoms with van der Waals surface area (Å²) < 4.78 is 5.15. The molecule has 1 fully saturated rings. The first-order chi connectivity index (χ1) is 12.6. The van der Waals surface area contributed by atoms with Crippen LogP contribution in [0.4, 0.5) is 22.1 Å². The number of amides is 3. The van der Waals surface area contributed by atoms with Crippen molar-refractivity contribution in [3.63, 3.8) is 0 Å². The number of nitrogens with one attached hydrogen (secondary N) is 1. The van der Waals surface area contributed by atoms with E-state index in [1.807, 2.05) is 0 Å². The van der Waals surface area contributed by atoms with Crippen LogP contribution in [0.1, 0.15) is 16.9 Å². The van der Waals surface area contributed by atoms with Gasteiger partial charge in [0.2, 0.25) is 0 Å². The summed E-state index contributed by atoms with van der Waals surface area (Å²) >= 11 is 0. The van der Waals surface area contributed by atoms with Crippen molar-refractivity contribution in [2.75, 3.05) is 35.3 Å². The average Bonchev–Trinajstić information content (AvgIpc) is 3.06. The van der Waals surface area contributed by atoms with E-state index >= 15 is 0 Å². The van der Waals surface area contributed by atoms with Crippen LogP contribution in [-0.4, -0.2) is 48.1 Å². The number of carbonyl (C=O) groups is 2. The van der Waals surface area contributed by atoms with Crippen molar-refractivity contribution >= 4 is 29.3 Å². The van der Waals surface area contributed by atoms with Crippen LogP contribution < -0.4 is 25.6 Å². The predicted octanol–water partition coefficient (Wildman–Crippen LogP) is 1.21. The number of aromatic nitrogens is 2. The van der Waals surface area contributed by atoms with Crippen molar-refractivity contribution in [2.24, 2.45) is 5.73 Å². The fourth-order valence-electron chi connectivity index (χ4n) is 3.38. The predicted molar refractivity (Wildman–Crippen MR) is 95.7 cm³/mol. The highest BCUT2D eigenvalue weighted by molar-refractivity contribution is 6.04. The molecule has 2 aromatic heterocycles. The minimum absolute atomic E-state index is 0.0243. The van der Waals surface area contributed by atoms with Crippen LogP contribution in [0.25, 0.3) is 0 Å². The number of pyridine rings is 2. The summed E-state index contributed by atoms with van der Waals surface area (Å²) in [5.41, 5.74) is 6.30. The fourth-order valence-corrected chi connectivity index (χ4v) is 3.38. The molecule has 1 unspecified atom stereocenters. The Kier molecular flexibility index (Phi) is 3.83. The standard InChI is InChI=1S/C17H18N6O3/c1-26-11-4-6-19-14(8-11)21-17(25)23-10-5-7-22(9-10)13-3-2-12(15(18)24)20-16(13)23/h2-4,6,8,10H,5,7,9H2,1H3,(H2,18,24)(H,19,21,25). The highest BCUT2D eigenvalue weighted by Gasteiger charge is 2.40. The second kappa shape index (κ2) is 6.17. The molecule has 0 aromatic carbocycles. The number of nitrogens with zero attached hydrogens (tertiary/aromatic N) is 4. The van der Waals surface area contributed by atoms with Gasteiger partial charge in [0.25, 0.3) is 5.91 Å². The maximum absolute atomic E-state index is 13.0. The molecule has 2 bridgehead atoms. The summed E-state index contributed by atoms with van der Waals surface area (Å²) in [6.07, 6.45) is 2.38. The Morgan fingerprint density at radius 2 is 2.19 bits per heavy atom. The Hall–Kier alpha value is -3.36. The van der Waals surface area contributed by atoms with Gasteiger partial charge in [-0.05, 0) is 24.6 Å². The fraction of sp³-hybridized carbons (Fsp3) is 0.294. The molecule has 9 heteroatoms. The molecule has 0 aliphatic carbocycles. The van der Waals surface area contributed by atoms with E-state index in [1.165, 1.54) is 0 Å². The number of fused-ring (bicyclic) bond motifs is 4.